The maximum Gasteiger partial charge on any atom is 0.132 e. The molecular weight excluding hydrogens is 289 g/mol. The summed E-state index contributed by atoms with van der Waals surface area (Å²) in [6.45, 7) is 0.947. The van der Waals surface area contributed by atoms with Crippen LogP contribution in [0.3, 0.4) is 0 Å². The topological polar surface area (TPSA) is 50.4 Å². The van der Waals surface area contributed by atoms with Gasteiger partial charge < -0.3 is 11.1 Å². The van der Waals surface area contributed by atoms with Gasteiger partial charge in [0.15, 0.2) is 0 Å². The Morgan fingerprint density at radius 2 is 2.05 bits per heavy atom. The Hall–Kier alpha value is -1.91. The first-order valence-electron chi connectivity index (χ1n) is 6.75. The summed E-state index contributed by atoms with van der Waals surface area (Å²) in [6.07, 6.45) is 0. The van der Waals surface area contributed by atoms with Gasteiger partial charge in [0.2, 0.25) is 0 Å². The van der Waals surface area contributed by atoms with Crippen LogP contribution in [0.5, 0.6) is 0 Å². The van der Waals surface area contributed by atoms with Crippen molar-refractivity contribution >= 4 is 23.0 Å². The van der Waals surface area contributed by atoms with E-state index in [9.17, 15) is 4.39 Å². The molecule has 0 aromatic heterocycles. The van der Waals surface area contributed by atoms with Gasteiger partial charge in [0.05, 0.1) is 18.3 Å². The van der Waals surface area contributed by atoms with Crippen LogP contribution in [-0.2, 0) is 0 Å². The van der Waals surface area contributed by atoms with Gasteiger partial charge in [-0.05, 0) is 30.3 Å². The normalized spacial score (nSPS) is 17.5. The molecule has 3 rings (SSSR count). The summed E-state index contributed by atoms with van der Waals surface area (Å²) in [4.78, 5) is 4.56. The highest BCUT2D eigenvalue weighted by molar-refractivity contribution is 6.31. The Morgan fingerprint density at radius 1 is 1.24 bits per heavy atom. The van der Waals surface area contributed by atoms with Crippen molar-refractivity contribution in [1.82, 2.24) is 0 Å². The molecular formula is C16H15ClFN3. The Bertz CT molecular complexity index is 700. The van der Waals surface area contributed by atoms with E-state index in [1.807, 2.05) is 6.07 Å². The molecule has 0 bridgehead atoms. The van der Waals surface area contributed by atoms with E-state index in [2.05, 4.69) is 10.3 Å². The maximum atomic E-state index is 14.1. The summed E-state index contributed by atoms with van der Waals surface area (Å²) < 4.78 is 14.1. The van der Waals surface area contributed by atoms with E-state index in [0.29, 0.717) is 29.4 Å². The first kappa shape index (κ1) is 14.0. The molecule has 21 heavy (non-hydrogen) atoms. The third kappa shape index (κ3) is 2.77. The third-order valence-corrected chi connectivity index (χ3v) is 3.71. The molecule has 0 fully saturated rings. The van der Waals surface area contributed by atoms with Gasteiger partial charge in [0.1, 0.15) is 5.82 Å². The lowest BCUT2D eigenvalue weighted by molar-refractivity contribution is 0.625. The van der Waals surface area contributed by atoms with E-state index in [1.54, 1.807) is 30.3 Å². The van der Waals surface area contributed by atoms with Crippen LogP contribution in [0.4, 0.5) is 10.1 Å². The molecule has 1 aliphatic rings. The number of rotatable bonds is 2. The zero-order valence-corrected chi connectivity index (χ0v) is 12.1. The van der Waals surface area contributed by atoms with E-state index in [0.717, 1.165) is 11.3 Å². The molecule has 2 aromatic carbocycles. The molecule has 1 aliphatic heterocycles. The monoisotopic (exact) mass is 303 g/mol. The molecule has 108 valence electrons. The Kier molecular flexibility index (Phi) is 3.90. The van der Waals surface area contributed by atoms with Crippen molar-refractivity contribution in [1.29, 1.82) is 0 Å². The molecule has 0 saturated heterocycles. The number of nitrogens with one attached hydrogen (secondary N) is 1. The van der Waals surface area contributed by atoms with E-state index in [1.165, 1.54) is 6.07 Å². The Morgan fingerprint density at radius 3 is 2.81 bits per heavy atom. The minimum absolute atomic E-state index is 0.0224. The minimum Gasteiger partial charge on any atom is -0.379 e. The number of anilines is 1. The van der Waals surface area contributed by atoms with Gasteiger partial charge in [-0.3, -0.25) is 4.99 Å². The van der Waals surface area contributed by atoms with Gasteiger partial charge in [-0.15, -0.1) is 0 Å². The van der Waals surface area contributed by atoms with E-state index >= 15 is 0 Å². The third-order valence-electron chi connectivity index (χ3n) is 3.48. The number of benzene rings is 2. The van der Waals surface area contributed by atoms with Gasteiger partial charge in [-0.1, -0.05) is 23.7 Å². The molecule has 0 spiro atoms. The van der Waals surface area contributed by atoms with Crippen LogP contribution in [0, 0.1) is 5.82 Å². The lowest BCUT2D eigenvalue weighted by Crippen LogP contribution is -2.31. The molecule has 0 amide bonds. The van der Waals surface area contributed by atoms with Gasteiger partial charge in [-0.25, -0.2) is 4.39 Å². The van der Waals surface area contributed by atoms with Gasteiger partial charge in [0.25, 0.3) is 0 Å². The number of halogens is 2. The van der Waals surface area contributed by atoms with E-state index in [4.69, 9.17) is 17.3 Å². The molecule has 5 heteroatoms. The summed E-state index contributed by atoms with van der Waals surface area (Å²) >= 11 is 6.09. The molecule has 0 radical (unpaired) electrons. The lowest BCUT2D eigenvalue weighted by atomic mass is 10.00. The first-order valence-corrected chi connectivity index (χ1v) is 7.12. The number of aliphatic imine (C=N–C) groups is 1. The molecule has 0 aliphatic carbocycles. The molecule has 1 atom stereocenters. The van der Waals surface area contributed by atoms with Crippen LogP contribution in [0.25, 0.3) is 0 Å². The number of fused-ring (bicyclic) bond motifs is 1. The number of benzodiazepines with no additional fused rings is 1. The second-order valence-corrected chi connectivity index (χ2v) is 5.37. The van der Waals surface area contributed by atoms with E-state index < -0.39 is 0 Å². The van der Waals surface area contributed by atoms with Crippen LogP contribution in [-0.4, -0.2) is 24.8 Å². The number of hydrogen-bond acceptors (Lipinski definition) is 3. The summed E-state index contributed by atoms with van der Waals surface area (Å²) in [6, 6.07) is 12.1. The second-order valence-electron chi connectivity index (χ2n) is 4.94. The fraction of sp³-hybridized carbons (Fsp3) is 0.188. The SMILES string of the molecule is NC[C@@H]1CN=C(c2ccccc2F)c2cc(Cl)ccc2N1. The smallest absolute Gasteiger partial charge is 0.132 e. The lowest BCUT2D eigenvalue weighted by Gasteiger charge is -2.15. The quantitative estimate of drug-likeness (QED) is 0.896. The molecule has 3 N–H and O–H groups in total. The van der Waals surface area contributed by atoms with Crippen molar-refractivity contribution in [2.24, 2.45) is 10.7 Å². The minimum atomic E-state index is -0.298. The average Bonchev–Trinajstić information content (AvgIpc) is 2.67. The van der Waals surface area contributed by atoms with Crippen molar-refractivity contribution in [2.45, 2.75) is 6.04 Å². The van der Waals surface area contributed by atoms with Crippen molar-refractivity contribution in [2.75, 3.05) is 18.4 Å². The van der Waals surface area contributed by atoms with Gasteiger partial charge in [0, 0.05) is 28.4 Å². The highest BCUT2D eigenvalue weighted by atomic mass is 35.5. The predicted octanol–water partition coefficient (Wildman–Crippen LogP) is 3.07. The number of nitrogens with two attached hydrogens (primary N) is 1. The highest BCUT2D eigenvalue weighted by Gasteiger charge is 2.20. The summed E-state index contributed by atoms with van der Waals surface area (Å²) in [5.41, 5.74) is 8.48. The Balaban J connectivity index is 2.18. The molecule has 2 aromatic rings. The van der Waals surface area contributed by atoms with Crippen LogP contribution in [0.15, 0.2) is 47.5 Å². The number of nitrogens with zero attached hydrogens (tertiary/aromatic N) is 1. The molecule has 1 heterocycles. The Labute approximate surface area is 127 Å². The largest absolute Gasteiger partial charge is 0.379 e. The zero-order chi connectivity index (χ0) is 14.8. The first-order chi connectivity index (χ1) is 10.2. The summed E-state index contributed by atoms with van der Waals surface area (Å²) in [5.74, 6) is -0.298. The predicted molar refractivity (Wildman–Crippen MR) is 84.8 cm³/mol. The van der Waals surface area contributed by atoms with Crippen molar-refractivity contribution < 1.29 is 4.39 Å². The van der Waals surface area contributed by atoms with Crippen molar-refractivity contribution in [3.05, 3.63) is 64.4 Å². The standard InChI is InChI=1S/C16H15ClFN3/c17-10-5-6-15-13(7-10)16(20-9-11(8-19)21-15)12-3-1-2-4-14(12)18/h1-7,11,21H,8-9,19H2/t11-/m1/s1. The van der Waals surface area contributed by atoms with E-state index in [-0.39, 0.29) is 11.9 Å². The molecule has 0 saturated carbocycles. The summed E-state index contributed by atoms with van der Waals surface area (Å²) in [5, 5.41) is 3.92. The fourth-order valence-corrected chi connectivity index (χ4v) is 2.58. The second kappa shape index (κ2) is 5.84. The van der Waals surface area contributed by atoms with Crippen LogP contribution >= 0.6 is 11.6 Å². The average molecular weight is 304 g/mol. The molecule has 0 unspecified atom stereocenters. The number of hydrogen-bond donors (Lipinski definition) is 2. The van der Waals surface area contributed by atoms with Crippen LogP contribution < -0.4 is 11.1 Å². The van der Waals surface area contributed by atoms with Crippen LogP contribution in [0.1, 0.15) is 11.1 Å². The highest BCUT2D eigenvalue weighted by Crippen LogP contribution is 2.27. The summed E-state index contributed by atoms with van der Waals surface area (Å²) in [7, 11) is 0. The van der Waals surface area contributed by atoms with Crippen LogP contribution in [0.2, 0.25) is 5.02 Å². The van der Waals surface area contributed by atoms with Crippen molar-refractivity contribution in [3.8, 4) is 0 Å². The van der Waals surface area contributed by atoms with Gasteiger partial charge >= 0.3 is 0 Å². The van der Waals surface area contributed by atoms with Gasteiger partial charge in [-0.2, -0.15) is 0 Å². The molecule has 3 nitrogen and oxygen atoms in total. The fourth-order valence-electron chi connectivity index (χ4n) is 2.41. The zero-order valence-electron chi connectivity index (χ0n) is 11.3. The van der Waals surface area contributed by atoms with Crippen molar-refractivity contribution in [3.63, 3.8) is 0 Å². The maximum absolute atomic E-state index is 14.1.